The molecule has 3 atom stereocenters. The SMILES string of the molecule is CC(C)[C@H](NC(=O)[C@@H]1CCCN1C(=O)[C@H](C)N)C(=O)O. The van der Waals surface area contributed by atoms with Crippen LogP contribution in [0, 0.1) is 5.92 Å². The van der Waals surface area contributed by atoms with Gasteiger partial charge >= 0.3 is 5.97 Å². The van der Waals surface area contributed by atoms with Crippen LogP contribution >= 0.6 is 0 Å². The highest BCUT2D eigenvalue weighted by molar-refractivity contribution is 5.92. The van der Waals surface area contributed by atoms with E-state index in [2.05, 4.69) is 5.32 Å². The van der Waals surface area contributed by atoms with Gasteiger partial charge in [0.15, 0.2) is 0 Å². The van der Waals surface area contributed by atoms with E-state index < -0.39 is 30.0 Å². The van der Waals surface area contributed by atoms with Gasteiger partial charge in [0.1, 0.15) is 12.1 Å². The van der Waals surface area contributed by atoms with Gasteiger partial charge in [-0.25, -0.2) is 4.79 Å². The van der Waals surface area contributed by atoms with Crippen molar-refractivity contribution < 1.29 is 19.5 Å². The maximum atomic E-state index is 12.2. The van der Waals surface area contributed by atoms with E-state index in [-0.39, 0.29) is 11.8 Å². The molecular weight excluding hydrogens is 262 g/mol. The largest absolute Gasteiger partial charge is 0.480 e. The highest BCUT2D eigenvalue weighted by Crippen LogP contribution is 2.18. The van der Waals surface area contributed by atoms with E-state index in [9.17, 15) is 14.4 Å². The van der Waals surface area contributed by atoms with Gasteiger partial charge in [-0.1, -0.05) is 13.8 Å². The van der Waals surface area contributed by atoms with Gasteiger partial charge in [0.2, 0.25) is 11.8 Å². The number of rotatable bonds is 5. The van der Waals surface area contributed by atoms with Crippen LogP contribution in [0.4, 0.5) is 0 Å². The molecule has 0 bridgehead atoms. The molecule has 0 spiro atoms. The lowest BCUT2D eigenvalue weighted by Crippen LogP contribution is -2.54. The Labute approximate surface area is 118 Å². The summed E-state index contributed by atoms with van der Waals surface area (Å²) >= 11 is 0. The number of nitrogens with two attached hydrogens (primary N) is 1. The van der Waals surface area contributed by atoms with E-state index in [1.165, 1.54) is 4.90 Å². The molecule has 1 saturated heterocycles. The zero-order chi connectivity index (χ0) is 15.4. The van der Waals surface area contributed by atoms with Crippen molar-refractivity contribution >= 4 is 17.8 Å². The van der Waals surface area contributed by atoms with Crippen molar-refractivity contribution in [3.63, 3.8) is 0 Å². The summed E-state index contributed by atoms with van der Waals surface area (Å²) in [6.07, 6.45) is 1.25. The third kappa shape index (κ3) is 3.69. The minimum atomic E-state index is -1.07. The number of hydrogen-bond donors (Lipinski definition) is 3. The summed E-state index contributed by atoms with van der Waals surface area (Å²) in [6, 6.07) is -2.23. The lowest BCUT2D eigenvalue weighted by Gasteiger charge is -2.27. The van der Waals surface area contributed by atoms with E-state index in [0.717, 1.165) is 6.42 Å². The van der Waals surface area contributed by atoms with Crippen molar-refractivity contribution in [3.05, 3.63) is 0 Å². The number of likely N-dealkylation sites (tertiary alicyclic amines) is 1. The minimum Gasteiger partial charge on any atom is -0.480 e. The molecule has 4 N–H and O–H groups in total. The number of hydrogen-bond acceptors (Lipinski definition) is 4. The Morgan fingerprint density at radius 1 is 1.30 bits per heavy atom. The number of carboxylic acid groups (broad SMARTS) is 1. The molecule has 0 unspecified atom stereocenters. The van der Waals surface area contributed by atoms with Crippen molar-refractivity contribution in [2.45, 2.75) is 51.7 Å². The van der Waals surface area contributed by atoms with Crippen molar-refractivity contribution in [2.75, 3.05) is 6.54 Å². The third-order valence-corrected chi connectivity index (χ3v) is 3.46. The number of aliphatic carboxylic acids is 1. The molecule has 0 saturated carbocycles. The molecule has 0 aromatic carbocycles. The molecule has 7 heteroatoms. The summed E-state index contributed by atoms with van der Waals surface area (Å²) in [6.45, 7) is 5.50. The van der Waals surface area contributed by atoms with Gasteiger partial charge in [-0.2, -0.15) is 0 Å². The van der Waals surface area contributed by atoms with Crippen molar-refractivity contribution in [1.82, 2.24) is 10.2 Å². The second-order valence-electron chi connectivity index (χ2n) is 5.55. The first-order valence-corrected chi connectivity index (χ1v) is 6.85. The van der Waals surface area contributed by atoms with Gasteiger partial charge in [-0.3, -0.25) is 9.59 Å². The number of amides is 2. The van der Waals surface area contributed by atoms with Crippen LogP contribution in [0.15, 0.2) is 0 Å². The molecule has 0 radical (unpaired) electrons. The van der Waals surface area contributed by atoms with Crippen LogP contribution in [0.2, 0.25) is 0 Å². The van der Waals surface area contributed by atoms with Crippen molar-refractivity contribution in [2.24, 2.45) is 11.7 Å². The molecule has 0 aromatic heterocycles. The van der Waals surface area contributed by atoms with E-state index in [0.29, 0.717) is 13.0 Å². The maximum Gasteiger partial charge on any atom is 0.326 e. The van der Waals surface area contributed by atoms with Crippen LogP contribution in [0.1, 0.15) is 33.6 Å². The van der Waals surface area contributed by atoms with Crippen LogP contribution in [-0.2, 0) is 14.4 Å². The van der Waals surface area contributed by atoms with Gasteiger partial charge in [0, 0.05) is 6.54 Å². The van der Waals surface area contributed by atoms with E-state index >= 15 is 0 Å². The second-order valence-corrected chi connectivity index (χ2v) is 5.55. The predicted octanol–water partition coefficient (Wildman–Crippen LogP) is -0.450. The monoisotopic (exact) mass is 285 g/mol. The smallest absolute Gasteiger partial charge is 0.326 e. The predicted molar refractivity (Wildman–Crippen MR) is 72.8 cm³/mol. The van der Waals surface area contributed by atoms with E-state index in [1.54, 1.807) is 20.8 Å². The minimum absolute atomic E-state index is 0.226. The summed E-state index contributed by atoms with van der Waals surface area (Å²) in [4.78, 5) is 36.7. The summed E-state index contributed by atoms with van der Waals surface area (Å²) in [5, 5.41) is 11.6. The van der Waals surface area contributed by atoms with Crippen LogP contribution in [-0.4, -0.2) is 52.5 Å². The molecule has 1 rings (SSSR count). The summed E-state index contributed by atoms with van der Waals surface area (Å²) in [5.41, 5.74) is 5.56. The molecule has 114 valence electrons. The Morgan fingerprint density at radius 3 is 2.35 bits per heavy atom. The topological polar surface area (TPSA) is 113 Å². The van der Waals surface area contributed by atoms with E-state index in [1.807, 2.05) is 0 Å². The summed E-state index contributed by atoms with van der Waals surface area (Å²) in [7, 11) is 0. The molecule has 1 aliphatic rings. The van der Waals surface area contributed by atoms with Gasteiger partial charge < -0.3 is 21.1 Å². The fourth-order valence-electron chi connectivity index (χ4n) is 2.33. The van der Waals surface area contributed by atoms with Crippen molar-refractivity contribution in [3.8, 4) is 0 Å². The Bertz CT molecular complexity index is 395. The molecular formula is C13H23N3O4. The molecule has 2 amide bonds. The van der Waals surface area contributed by atoms with Gasteiger partial charge in [-0.15, -0.1) is 0 Å². The Kier molecular flexibility index (Phi) is 5.50. The molecule has 1 heterocycles. The summed E-state index contributed by atoms with van der Waals surface area (Å²) < 4.78 is 0. The fraction of sp³-hybridized carbons (Fsp3) is 0.769. The first-order valence-electron chi connectivity index (χ1n) is 6.85. The standard InChI is InChI=1S/C13H23N3O4/c1-7(2)10(13(19)20)15-11(17)9-5-4-6-16(9)12(18)8(3)14/h7-10H,4-6,14H2,1-3H3,(H,15,17)(H,19,20)/t8-,9-,10-/m0/s1. The normalized spacial score (nSPS) is 21.6. The highest BCUT2D eigenvalue weighted by atomic mass is 16.4. The average Bonchev–Trinajstić information content (AvgIpc) is 2.82. The third-order valence-electron chi connectivity index (χ3n) is 3.46. The number of carboxylic acids is 1. The quantitative estimate of drug-likeness (QED) is 0.633. The first-order chi connectivity index (χ1) is 9.25. The molecule has 1 fully saturated rings. The van der Waals surface area contributed by atoms with Crippen LogP contribution in [0.3, 0.4) is 0 Å². The number of nitrogens with one attached hydrogen (secondary N) is 1. The maximum absolute atomic E-state index is 12.2. The van der Waals surface area contributed by atoms with Crippen LogP contribution in [0.5, 0.6) is 0 Å². The highest BCUT2D eigenvalue weighted by Gasteiger charge is 2.37. The zero-order valence-electron chi connectivity index (χ0n) is 12.1. The number of carbonyl (C=O) groups is 3. The average molecular weight is 285 g/mol. The molecule has 1 aliphatic heterocycles. The Hall–Kier alpha value is -1.63. The van der Waals surface area contributed by atoms with Crippen LogP contribution in [0.25, 0.3) is 0 Å². The lowest BCUT2D eigenvalue weighted by molar-refractivity contribution is -0.145. The van der Waals surface area contributed by atoms with Gasteiger partial charge in [0.25, 0.3) is 0 Å². The Morgan fingerprint density at radius 2 is 1.90 bits per heavy atom. The number of nitrogens with zero attached hydrogens (tertiary/aromatic N) is 1. The van der Waals surface area contributed by atoms with E-state index in [4.69, 9.17) is 10.8 Å². The summed E-state index contributed by atoms with van der Waals surface area (Å²) in [5.74, 6) is -2.00. The fourth-order valence-corrected chi connectivity index (χ4v) is 2.33. The Balaban J connectivity index is 2.75. The van der Waals surface area contributed by atoms with Gasteiger partial charge in [0.05, 0.1) is 6.04 Å². The molecule has 20 heavy (non-hydrogen) atoms. The molecule has 7 nitrogen and oxygen atoms in total. The molecule has 0 aromatic rings. The van der Waals surface area contributed by atoms with Gasteiger partial charge in [-0.05, 0) is 25.7 Å². The first kappa shape index (κ1) is 16.4. The second kappa shape index (κ2) is 6.69. The van der Waals surface area contributed by atoms with Crippen LogP contribution < -0.4 is 11.1 Å². The number of carbonyl (C=O) groups excluding carboxylic acids is 2. The lowest BCUT2D eigenvalue weighted by atomic mass is 10.0. The van der Waals surface area contributed by atoms with Crippen molar-refractivity contribution in [1.29, 1.82) is 0 Å². The zero-order valence-corrected chi connectivity index (χ0v) is 12.1. The molecule has 0 aliphatic carbocycles.